The van der Waals surface area contributed by atoms with E-state index in [1.54, 1.807) is 0 Å². The van der Waals surface area contributed by atoms with Crippen molar-refractivity contribution in [1.29, 1.82) is 0 Å². The van der Waals surface area contributed by atoms with Gasteiger partial charge in [-0.25, -0.2) is 0 Å². The molecule has 0 spiro atoms. The van der Waals surface area contributed by atoms with Crippen molar-refractivity contribution in [3.8, 4) is 0 Å². The summed E-state index contributed by atoms with van der Waals surface area (Å²) in [5, 5.41) is 1.47. The van der Waals surface area contributed by atoms with Crippen LogP contribution in [-0.2, 0) is 4.43 Å². The first-order valence-electron chi connectivity index (χ1n) is 4.63. The van der Waals surface area contributed by atoms with E-state index in [1.807, 2.05) is 0 Å². The van der Waals surface area contributed by atoms with Gasteiger partial charge >= 0.3 is 51.4 Å². The molecule has 1 fully saturated rings. The molecule has 1 aliphatic rings. The maximum absolute atomic E-state index is 5.80. The first kappa shape index (κ1) is 12.1. The Labute approximate surface area is 124 Å². The zero-order chi connectivity index (χ0) is 8.23. The molecule has 0 aliphatic carbocycles. The minimum absolute atomic E-state index is 0. The minimum Gasteiger partial charge on any atom is -0.415 e. The standard InChI is InChI=1S/C10H14OSi.K.H/c1-2-6-10(7-3-1)12-9-5-4-8-11-12;;/h1-3,6-7,12H,4-5,8-9H2;;. The van der Waals surface area contributed by atoms with Gasteiger partial charge in [-0.3, -0.25) is 0 Å². The smallest absolute Gasteiger partial charge is 0.208 e. The van der Waals surface area contributed by atoms with Crippen LogP contribution in [0.2, 0.25) is 6.04 Å². The van der Waals surface area contributed by atoms with Crippen LogP contribution in [0.3, 0.4) is 0 Å². The fourth-order valence-corrected chi connectivity index (χ4v) is 4.13. The molecular weight excluding hydrogens is 203 g/mol. The van der Waals surface area contributed by atoms with Gasteiger partial charge in [-0.2, -0.15) is 0 Å². The molecule has 0 radical (unpaired) electrons. The Bertz CT molecular complexity index is 234. The maximum Gasteiger partial charge on any atom is 0.208 e. The minimum atomic E-state index is -0.984. The van der Waals surface area contributed by atoms with E-state index in [-0.39, 0.29) is 51.4 Å². The first-order valence-corrected chi connectivity index (χ1v) is 6.50. The molecule has 0 N–H and O–H groups in total. The normalized spacial score (nSPS) is 22.0. The molecule has 13 heavy (non-hydrogen) atoms. The third-order valence-electron chi connectivity index (χ3n) is 2.35. The Kier molecular flexibility index (Phi) is 6.06. The zero-order valence-corrected chi connectivity index (χ0v) is 8.36. The first-order chi connectivity index (χ1) is 5.97. The van der Waals surface area contributed by atoms with Gasteiger partial charge < -0.3 is 4.43 Å². The van der Waals surface area contributed by atoms with Gasteiger partial charge in [-0.05, 0) is 17.7 Å². The van der Waals surface area contributed by atoms with Crippen molar-refractivity contribution in [2.45, 2.75) is 18.9 Å². The molecule has 1 heterocycles. The summed E-state index contributed by atoms with van der Waals surface area (Å²) in [6.07, 6.45) is 2.63. The van der Waals surface area contributed by atoms with E-state index in [0.29, 0.717) is 0 Å². The molecule has 1 unspecified atom stereocenters. The van der Waals surface area contributed by atoms with Crippen molar-refractivity contribution in [3.63, 3.8) is 0 Å². The largest absolute Gasteiger partial charge is 0.415 e. The molecule has 0 aromatic heterocycles. The van der Waals surface area contributed by atoms with Crippen LogP contribution < -0.4 is 5.19 Å². The van der Waals surface area contributed by atoms with E-state index in [2.05, 4.69) is 30.3 Å². The van der Waals surface area contributed by atoms with Gasteiger partial charge in [0.1, 0.15) is 0 Å². The second-order valence-electron chi connectivity index (χ2n) is 3.27. The third kappa shape index (κ3) is 3.59. The molecule has 1 nitrogen and oxygen atoms in total. The van der Waals surface area contributed by atoms with Crippen LogP contribution >= 0.6 is 0 Å². The number of hydrogen-bond acceptors (Lipinski definition) is 1. The molecule has 1 aromatic rings. The average molecular weight is 218 g/mol. The molecule has 2 rings (SSSR count). The van der Waals surface area contributed by atoms with Crippen molar-refractivity contribution in [1.82, 2.24) is 0 Å². The van der Waals surface area contributed by atoms with E-state index >= 15 is 0 Å². The molecule has 0 saturated carbocycles. The Morgan fingerprint density at radius 2 is 1.85 bits per heavy atom. The van der Waals surface area contributed by atoms with Gasteiger partial charge in [0.05, 0.1) is 0 Å². The Morgan fingerprint density at radius 3 is 2.46 bits per heavy atom. The van der Waals surface area contributed by atoms with Gasteiger partial charge in [-0.15, -0.1) is 0 Å². The van der Waals surface area contributed by atoms with E-state index in [0.717, 1.165) is 6.61 Å². The van der Waals surface area contributed by atoms with Gasteiger partial charge in [0, 0.05) is 6.61 Å². The van der Waals surface area contributed by atoms with Crippen molar-refractivity contribution in [2.75, 3.05) is 6.61 Å². The maximum atomic E-state index is 5.80. The summed E-state index contributed by atoms with van der Waals surface area (Å²) < 4.78 is 5.80. The Morgan fingerprint density at radius 1 is 1.08 bits per heavy atom. The number of rotatable bonds is 1. The van der Waals surface area contributed by atoms with Gasteiger partial charge in [-0.1, -0.05) is 36.8 Å². The molecule has 0 amide bonds. The van der Waals surface area contributed by atoms with E-state index < -0.39 is 9.04 Å². The van der Waals surface area contributed by atoms with Gasteiger partial charge in [0.15, 0.2) is 0 Å². The van der Waals surface area contributed by atoms with Crippen molar-refractivity contribution in [3.05, 3.63) is 30.3 Å². The predicted molar refractivity (Wildman–Crippen MR) is 60.4 cm³/mol. The van der Waals surface area contributed by atoms with Crippen LogP contribution in [0.15, 0.2) is 30.3 Å². The van der Waals surface area contributed by atoms with E-state index in [4.69, 9.17) is 4.43 Å². The summed E-state index contributed by atoms with van der Waals surface area (Å²) in [5.74, 6) is 0. The molecule has 1 aliphatic heterocycles. The van der Waals surface area contributed by atoms with Crippen LogP contribution in [0.1, 0.15) is 12.8 Å². The van der Waals surface area contributed by atoms with Crippen molar-refractivity contribution < 1.29 is 4.43 Å². The van der Waals surface area contributed by atoms with Crippen LogP contribution in [-0.4, -0.2) is 67.0 Å². The zero-order valence-electron chi connectivity index (χ0n) is 7.20. The average Bonchev–Trinajstić information content (AvgIpc) is 2.21. The number of benzene rings is 1. The van der Waals surface area contributed by atoms with Crippen LogP contribution in [0.4, 0.5) is 0 Å². The summed E-state index contributed by atoms with van der Waals surface area (Å²) in [4.78, 5) is 0. The molecule has 1 saturated heterocycles. The van der Waals surface area contributed by atoms with E-state index in [1.165, 1.54) is 24.1 Å². The summed E-state index contributed by atoms with van der Waals surface area (Å²) in [5.41, 5.74) is 0. The van der Waals surface area contributed by atoms with E-state index in [9.17, 15) is 0 Å². The molecule has 0 bridgehead atoms. The quantitative estimate of drug-likeness (QED) is 0.633. The third-order valence-corrected chi connectivity index (χ3v) is 5.05. The fourth-order valence-electron chi connectivity index (χ4n) is 1.67. The topological polar surface area (TPSA) is 9.23 Å². The van der Waals surface area contributed by atoms with Crippen LogP contribution in [0, 0.1) is 0 Å². The fraction of sp³-hybridized carbons (Fsp3) is 0.400. The van der Waals surface area contributed by atoms with Crippen molar-refractivity contribution >= 4 is 65.6 Å². The van der Waals surface area contributed by atoms with Gasteiger partial charge in [0.25, 0.3) is 0 Å². The molecule has 1 aromatic carbocycles. The molecule has 66 valence electrons. The summed E-state index contributed by atoms with van der Waals surface area (Å²) in [7, 11) is -0.984. The Balaban J connectivity index is 0.000000845. The second kappa shape index (κ2) is 6.50. The predicted octanol–water partition coefficient (Wildman–Crippen LogP) is 0.779. The summed E-state index contributed by atoms with van der Waals surface area (Å²) >= 11 is 0. The molecule has 3 heteroatoms. The molecule has 1 atom stereocenters. The van der Waals surface area contributed by atoms with Crippen molar-refractivity contribution in [2.24, 2.45) is 0 Å². The Hall–Kier alpha value is 1.03. The summed E-state index contributed by atoms with van der Waals surface area (Å²) in [6.45, 7) is 0.992. The molecular formula is C10H15KOSi. The monoisotopic (exact) mass is 218 g/mol. The number of hydrogen-bond donors (Lipinski definition) is 0. The van der Waals surface area contributed by atoms with Gasteiger partial charge in [0.2, 0.25) is 9.04 Å². The van der Waals surface area contributed by atoms with Crippen LogP contribution in [0.25, 0.3) is 0 Å². The SMILES string of the molecule is [KH].c1ccc([SiH]2CCCCO2)cc1. The van der Waals surface area contributed by atoms with Crippen LogP contribution in [0.5, 0.6) is 0 Å². The summed E-state index contributed by atoms with van der Waals surface area (Å²) in [6, 6.07) is 12.0. The second-order valence-corrected chi connectivity index (χ2v) is 5.82.